The van der Waals surface area contributed by atoms with Gasteiger partial charge in [-0.1, -0.05) is 6.07 Å². The van der Waals surface area contributed by atoms with Gasteiger partial charge in [-0.2, -0.15) is 0 Å². The van der Waals surface area contributed by atoms with Crippen molar-refractivity contribution in [2.75, 3.05) is 6.61 Å². The van der Waals surface area contributed by atoms with Crippen LogP contribution in [0.15, 0.2) is 24.5 Å². The highest BCUT2D eigenvalue weighted by Crippen LogP contribution is 2.15. The zero-order valence-corrected chi connectivity index (χ0v) is 12.3. The maximum Gasteiger partial charge on any atom is 0.328 e. The normalized spacial score (nSPS) is 12.3. The first-order valence-corrected chi connectivity index (χ1v) is 7.04. The van der Waals surface area contributed by atoms with Crippen LogP contribution >= 0.6 is 0 Å². The molecule has 7 heteroatoms. The fourth-order valence-corrected chi connectivity index (χ4v) is 2.24. The Kier molecular flexibility index (Phi) is 5.11. The van der Waals surface area contributed by atoms with Crippen LogP contribution in [0.5, 0.6) is 0 Å². The van der Waals surface area contributed by atoms with Gasteiger partial charge in [0, 0.05) is 13.5 Å². The van der Waals surface area contributed by atoms with Gasteiger partial charge in [-0.15, -0.1) is 0 Å². The Morgan fingerprint density at radius 1 is 1.41 bits per heavy atom. The van der Waals surface area contributed by atoms with Crippen LogP contribution in [0.4, 0.5) is 0 Å². The van der Waals surface area contributed by atoms with Gasteiger partial charge in [0.2, 0.25) is 5.91 Å². The number of aliphatic carboxylic acids is 1. The first-order valence-electron chi connectivity index (χ1n) is 7.04. The van der Waals surface area contributed by atoms with E-state index in [0.29, 0.717) is 12.8 Å². The van der Waals surface area contributed by atoms with Crippen molar-refractivity contribution in [2.24, 2.45) is 7.05 Å². The van der Waals surface area contributed by atoms with Crippen molar-refractivity contribution < 1.29 is 19.8 Å². The van der Waals surface area contributed by atoms with Gasteiger partial charge >= 0.3 is 5.97 Å². The number of carbonyl (C=O) groups is 2. The summed E-state index contributed by atoms with van der Waals surface area (Å²) in [4.78, 5) is 26.6. The zero-order chi connectivity index (χ0) is 16.1. The second kappa shape index (κ2) is 7.04. The third-order valence-corrected chi connectivity index (χ3v) is 3.48. The van der Waals surface area contributed by atoms with Crippen molar-refractivity contribution >= 4 is 22.9 Å². The molecule has 0 saturated carbocycles. The molecule has 1 amide bonds. The van der Waals surface area contributed by atoms with E-state index in [1.165, 1.54) is 0 Å². The summed E-state index contributed by atoms with van der Waals surface area (Å²) in [6, 6.07) is 4.73. The van der Waals surface area contributed by atoms with E-state index in [1.54, 1.807) is 6.33 Å². The van der Waals surface area contributed by atoms with Crippen molar-refractivity contribution in [3.8, 4) is 0 Å². The number of rotatable bonds is 7. The summed E-state index contributed by atoms with van der Waals surface area (Å²) in [6.45, 7) is -0.614. The average molecular weight is 305 g/mol. The molecule has 0 radical (unpaired) electrons. The lowest BCUT2D eigenvalue weighted by Gasteiger charge is -2.11. The molecular formula is C15H19N3O4. The minimum atomic E-state index is -1.24. The number of amides is 1. The Hall–Kier alpha value is -2.41. The number of benzene rings is 1. The predicted octanol–water partition coefficient (Wildman–Crippen LogP) is 0.458. The third-order valence-electron chi connectivity index (χ3n) is 3.48. The molecule has 1 aromatic heterocycles. The van der Waals surface area contributed by atoms with Crippen LogP contribution in [-0.4, -0.2) is 44.3 Å². The molecule has 0 fully saturated rings. The topological polar surface area (TPSA) is 104 Å². The molecule has 0 aliphatic rings. The van der Waals surface area contributed by atoms with E-state index >= 15 is 0 Å². The minimum absolute atomic E-state index is 0.212. The molecular weight excluding hydrogens is 286 g/mol. The van der Waals surface area contributed by atoms with E-state index in [2.05, 4.69) is 10.3 Å². The molecule has 0 spiro atoms. The number of hydrogen-bond acceptors (Lipinski definition) is 4. The van der Waals surface area contributed by atoms with Gasteiger partial charge in [-0.3, -0.25) is 4.79 Å². The molecule has 0 aliphatic carbocycles. The lowest BCUT2D eigenvalue weighted by atomic mass is 10.1. The fraction of sp³-hybridized carbons (Fsp3) is 0.400. The molecule has 1 heterocycles. The smallest absolute Gasteiger partial charge is 0.328 e. The number of fused-ring (bicyclic) bond motifs is 1. The molecule has 2 rings (SSSR count). The predicted molar refractivity (Wildman–Crippen MR) is 80.3 cm³/mol. The monoisotopic (exact) mass is 305 g/mol. The summed E-state index contributed by atoms with van der Waals surface area (Å²) >= 11 is 0. The second-order valence-corrected chi connectivity index (χ2v) is 5.17. The number of aromatic nitrogens is 2. The standard InChI is InChI=1S/C15H19N3O4/c1-18-9-16-11-7-10(5-6-13(11)18)3-2-4-14(20)17-12(8-19)15(21)22/h5-7,9,12,19H,2-4,8H2,1H3,(H,17,20)(H,21,22). The van der Waals surface area contributed by atoms with E-state index in [-0.39, 0.29) is 12.3 Å². The van der Waals surface area contributed by atoms with Gasteiger partial charge in [0.15, 0.2) is 0 Å². The number of carbonyl (C=O) groups excluding carboxylic acids is 1. The largest absolute Gasteiger partial charge is 0.480 e. The highest BCUT2D eigenvalue weighted by molar-refractivity contribution is 5.83. The quantitative estimate of drug-likeness (QED) is 0.689. The molecule has 22 heavy (non-hydrogen) atoms. The first kappa shape index (κ1) is 16.0. The van der Waals surface area contributed by atoms with Gasteiger partial charge < -0.3 is 20.1 Å². The number of hydrogen-bond donors (Lipinski definition) is 3. The van der Waals surface area contributed by atoms with Crippen molar-refractivity contribution in [3.05, 3.63) is 30.1 Å². The van der Waals surface area contributed by atoms with Gasteiger partial charge in [0.25, 0.3) is 0 Å². The molecule has 7 nitrogen and oxygen atoms in total. The lowest BCUT2D eigenvalue weighted by Crippen LogP contribution is -2.43. The van der Waals surface area contributed by atoms with Gasteiger partial charge in [-0.05, 0) is 30.5 Å². The fourth-order valence-electron chi connectivity index (χ4n) is 2.24. The molecule has 0 aliphatic heterocycles. The van der Waals surface area contributed by atoms with Crippen molar-refractivity contribution in [3.63, 3.8) is 0 Å². The molecule has 1 unspecified atom stereocenters. The Labute approximate surface area is 127 Å². The summed E-state index contributed by atoms with van der Waals surface area (Å²) in [6.07, 6.45) is 3.27. The Bertz CT molecular complexity index is 680. The van der Waals surface area contributed by atoms with Crippen LogP contribution in [0.25, 0.3) is 11.0 Å². The third kappa shape index (κ3) is 3.82. The second-order valence-electron chi connectivity index (χ2n) is 5.17. The number of imidazole rings is 1. The Balaban J connectivity index is 1.84. The molecule has 1 atom stereocenters. The molecule has 2 aromatic rings. The number of nitrogens with one attached hydrogen (secondary N) is 1. The van der Waals surface area contributed by atoms with Crippen LogP contribution in [-0.2, 0) is 23.1 Å². The Morgan fingerprint density at radius 3 is 2.86 bits per heavy atom. The molecule has 0 saturated heterocycles. The van der Waals surface area contributed by atoms with E-state index < -0.39 is 18.6 Å². The molecule has 1 aromatic carbocycles. The van der Waals surface area contributed by atoms with Gasteiger partial charge in [0.05, 0.1) is 24.0 Å². The SMILES string of the molecule is Cn1cnc2cc(CCCC(=O)NC(CO)C(=O)O)ccc21. The van der Waals surface area contributed by atoms with E-state index in [0.717, 1.165) is 16.6 Å². The Morgan fingerprint density at radius 2 is 2.18 bits per heavy atom. The van der Waals surface area contributed by atoms with Gasteiger partial charge in [-0.25, -0.2) is 9.78 Å². The summed E-state index contributed by atoms with van der Waals surface area (Å²) < 4.78 is 1.94. The van der Waals surface area contributed by atoms with Crippen molar-refractivity contribution in [1.82, 2.24) is 14.9 Å². The molecule has 118 valence electrons. The summed E-state index contributed by atoms with van der Waals surface area (Å²) in [7, 11) is 1.93. The van der Waals surface area contributed by atoms with Gasteiger partial charge in [0.1, 0.15) is 6.04 Å². The minimum Gasteiger partial charge on any atom is -0.480 e. The van der Waals surface area contributed by atoms with E-state index in [9.17, 15) is 9.59 Å². The van der Waals surface area contributed by atoms with Crippen LogP contribution in [0.2, 0.25) is 0 Å². The number of aliphatic hydroxyl groups excluding tert-OH is 1. The summed E-state index contributed by atoms with van der Waals surface area (Å²) in [5.41, 5.74) is 3.04. The number of carboxylic acids is 1. The zero-order valence-electron chi connectivity index (χ0n) is 12.3. The van der Waals surface area contributed by atoms with Crippen molar-refractivity contribution in [2.45, 2.75) is 25.3 Å². The maximum atomic E-state index is 11.6. The van der Waals surface area contributed by atoms with Crippen LogP contribution in [0.1, 0.15) is 18.4 Å². The van der Waals surface area contributed by atoms with Crippen LogP contribution in [0, 0.1) is 0 Å². The molecule has 0 bridgehead atoms. The van der Waals surface area contributed by atoms with Crippen molar-refractivity contribution in [1.29, 1.82) is 0 Å². The number of aliphatic hydroxyl groups is 1. The number of carboxylic acid groups (broad SMARTS) is 1. The van der Waals surface area contributed by atoms with E-state index in [4.69, 9.17) is 10.2 Å². The van der Waals surface area contributed by atoms with Crippen LogP contribution in [0.3, 0.4) is 0 Å². The highest BCUT2D eigenvalue weighted by atomic mass is 16.4. The first-order chi connectivity index (χ1) is 10.5. The average Bonchev–Trinajstić information content (AvgIpc) is 2.85. The number of nitrogens with zero attached hydrogens (tertiary/aromatic N) is 2. The summed E-state index contributed by atoms with van der Waals surface area (Å²) in [5.74, 6) is -1.61. The highest BCUT2D eigenvalue weighted by Gasteiger charge is 2.18. The molecule has 3 N–H and O–H groups in total. The van der Waals surface area contributed by atoms with Crippen LogP contribution < -0.4 is 5.32 Å². The lowest BCUT2D eigenvalue weighted by molar-refractivity contribution is -0.142. The van der Waals surface area contributed by atoms with E-state index in [1.807, 2.05) is 29.8 Å². The summed E-state index contributed by atoms with van der Waals surface area (Å²) in [5, 5.41) is 19.9. The number of aryl methyl sites for hydroxylation is 2. The maximum absolute atomic E-state index is 11.6.